The van der Waals surface area contributed by atoms with Gasteiger partial charge in [-0.3, -0.25) is 9.36 Å². The van der Waals surface area contributed by atoms with Crippen molar-refractivity contribution >= 4 is 17.5 Å². The fourth-order valence-corrected chi connectivity index (χ4v) is 3.28. The summed E-state index contributed by atoms with van der Waals surface area (Å²) >= 11 is 1.41. The largest absolute Gasteiger partial charge is 0.497 e. The molecule has 0 atom stereocenters. The van der Waals surface area contributed by atoms with Gasteiger partial charge in [-0.2, -0.15) is 0 Å². The zero-order valence-corrected chi connectivity index (χ0v) is 15.0. The molecule has 0 radical (unpaired) electrons. The molecule has 0 bridgehead atoms. The third kappa shape index (κ3) is 3.91. The summed E-state index contributed by atoms with van der Waals surface area (Å²) < 4.78 is 7.29. The van der Waals surface area contributed by atoms with E-state index in [4.69, 9.17) is 4.74 Å². The first-order valence-corrected chi connectivity index (χ1v) is 9.01. The van der Waals surface area contributed by atoms with Crippen molar-refractivity contribution in [2.75, 3.05) is 12.9 Å². The number of ether oxygens (including phenoxy) is 1. The topological polar surface area (TPSA) is 57.0 Å². The molecule has 3 aromatic rings. The Morgan fingerprint density at radius 3 is 2.64 bits per heavy atom. The van der Waals surface area contributed by atoms with Gasteiger partial charge < -0.3 is 4.74 Å². The minimum absolute atomic E-state index is 0.190. The molecule has 5 nitrogen and oxygen atoms in total. The molecule has 0 fully saturated rings. The van der Waals surface area contributed by atoms with Crippen molar-refractivity contribution in [3.8, 4) is 22.8 Å². The minimum Gasteiger partial charge on any atom is -0.497 e. The lowest BCUT2D eigenvalue weighted by atomic mass is 10.2. The van der Waals surface area contributed by atoms with Crippen LogP contribution in [-0.2, 0) is 4.79 Å². The maximum atomic E-state index is 11.7. The van der Waals surface area contributed by atoms with Gasteiger partial charge in [0.05, 0.1) is 12.9 Å². The molecule has 25 heavy (non-hydrogen) atoms. The Balaban J connectivity index is 2.06. The van der Waals surface area contributed by atoms with Crippen LogP contribution >= 0.6 is 11.8 Å². The van der Waals surface area contributed by atoms with Crippen LogP contribution in [0.5, 0.6) is 5.75 Å². The Labute approximate surface area is 151 Å². The van der Waals surface area contributed by atoms with E-state index >= 15 is 0 Å². The lowest BCUT2D eigenvalue weighted by Crippen LogP contribution is -2.03. The smallest absolute Gasteiger partial charge is 0.196 e. The van der Waals surface area contributed by atoms with E-state index in [1.54, 1.807) is 7.11 Å². The molecule has 0 saturated carbocycles. The van der Waals surface area contributed by atoms with Gasteiger partial charge in [0.2, 0.25) is 0 Å². The molecule has 0 unspecified atom stereocenters. The number of rotatable bonds is 7. The van der Waals surface area contributed by atoms with E-state index in [1.807, 2.05) is 66.1 Å². The molecule has 0 saturated heterocycles. The lowest BCUT2D eigenvalue weighted by molar-refractivity contribution is -0.116. The SMILES string of the molecule is CCC(=O)CSc1nnc(-c2cccc(OC)c2)n1-c1ccccc1. The highest BCUT2D eigenvalue weighted by molar-refractivity contribution is 7.99. The predicted octanol–water partition coefficient (Wildman–Crippen LogP) is 4.01. The summed E-state index contributed by atoms with van der Waals surface area (Å²) in [4.78, 5) is 11.7. The molecule has 0 spiro atoms. The summed E-state index contributed by atoms with van der Waals surface area (Å²) in [5, 5.41) is 9.38. The van der Waals surface area contributed by atoms with Crippen molar-refractivity contribution < 1.29 is 9.53 Å². The van der Waals surface area contributed by atoms with Crippen LogP contribution in [0.3, 0.4) is 0 Å². The standard InChI is InChI=1S/C19H19N3O2S/c1-3-16(23)13-25-19-21-20-18(14-8-7-11-17(12-14)24-2)22(19)15-9-5-4-6-10-15/h4-12H,3,13H2,1-2H3. The van der Waals surface area contributed by atoms with Crippen LogP contribution in [0.1, 0.15) is 13.3 Å². The predicted molar refractivity (Wildman–Crippen MR) is 99.4 cm³/mol. The molecule has 0 N–H and O–H groups in total. The number of carbonyl (C=O) groups excluding carboxylic acids is 1. The van der Waals surface area contributed by atoms with E-state index in [9.17, 15) is 4.79 Å². The molecule has 3 rings (SSSR count). The number of nitrogens with zero attached hydrogens (tertiary/aromatic N) is 3. The summed E-state index contributed by atoms with van der Waals surface area (Å²) in [6, 6.07) is 17.6. The summed E-state index contributed by atoms with van der Waals surface area (Å²) in [6.07, 6.45) is 0.523. The third-order valence-corrected chi connectivity index (χ3v) is 4.72. The summed E-state index contributed by atoms with van der Waals surface area (Å²) in [6.45, 7) is 1.87. The highest BCUT2D eigenvalue weighted by Crippen LogP contribution is 2.29. The zero-order valence-electron chi connectivity index (χ0n) is 14.2. The molecular weight excluding hydrogens is 334 g/mol. The zero-order chi connectivity index (χ0) is 17.6. The molecule has 0 amide bonds. The van der Waals surface area contributed by atoms with Crippen molar-refractivity contribution in [3.63, 3.8) is 0 Å². The molecule has 0 aliphatic carbocycles. The van der Waals surface area contributed by atoms with Crippen LogP contribution in [0.4, 0.5) is 0 Å². The number of hydrogen-bond acceptors (Lipinski definition) is 5. The first-order chi connectivity index (χ1) is 12.2. The van der Waals surface area contributed by atoms with Gasteiger partial charge >= 0.3 is 0 Å². The van der Waals surface area contributed by atoms with Gasteiger partial charge in [0.25, 0.3) is 0 Å². The molecule has 0 aliphatic heterocycles. The fraction of sp³-hybridized carbons (Fsp3) is 0.211. The van der Waals surface area contributed by atoms with Crippen molar-refractivity contribution in [1.29, 1.82) is 0 Å². The highest BCUT2D eigenvalue weighted by atomic mass is 32.2. The van der Waals surface area contributed by atoms with Gasteiger partial charge in [-0.25, -0.2) is 0 Å². The van der Waals surface area contributed by atoms with Crippen LogP contribution in [0.2, 0.25) is 0 Å². The number of hydrogen-bond donors (Lipinski definition) is 0. The highest BCUT2D eigenvalue weighted by Gasteiger charge is 2.17. The molecular formula is C19H19N3O2S. The number of methoxy groups -OCH3 is 1. The third-order valence-electron chi connectivity index (χ3n) is 3.73. The van der Waals surface area contributed by atoms with Crippen molar-refractivity contribution in [2.24, 2.45) is 0 Å². The van der Waals surface area contributed by atoms with E-state index in [1.165, 1.54) is 11.8 Å². The van der Waals surface area contributed by atoms with Crippen LogP contribution in [-0.4, -0.2) is 33.4 Å². The number of ketones is 1. The van der Waals surface area contributed by atoms with Gasteiger partial charge in [-0.05, 0) is 24.3 Å². The van der Waals surface area contributed by atoms with Gasteiger partial charge in [0.1, 0.15) is 11.5 Å². The molecule has 2 aromatic carbocycles. The van der Waals surface area contributed by atoms with Gasteiger partial charge in [0, 0.05) is 17.7 Å². The number of para-hydroxylation sites is 1. The maximum Gasteiger partial charge on any atom is 0.196 e. The Bertz CT molecular complexity index is 862. The van der Waals surface area contributed by atoms with Crippen LogP contribution in [0, 0.1) is 0 Å². The van der Waals surface area contributed by atoms with Crippen LogP contribution < -0.4 is 4.74 Å². The lowest BCUT2D eigenvalue weighted by Gasteiger charge is -2.10. The van der Waals surface area contributed by atoms with Crippen molar-refractivity contribution in [2.45, 2.75) is 18.5 Å². The molecule has 1 heterocycles. The van der Waals surface area contributed by atoms with E-state index in [0.717, 1.165) is 22.8 Å². The number of Topliss-reactive ketones (excluding diaryl/α,β-unsaturated/α-hetero) is 1. The Morgan fingerprint density at radius 1 is 1.12 bits per heavy atom. The van der Waals surface area contributed by atoms with Gasteiger partial charge in [0.15, 0.2) is 11.0 Å². The summed E-state index contributed by atoms with van der Waals surface area (Å²) in [7, 11) is 1.64. The van der Waals surface area contributed by atoms with Gasteiger partial charge in [-0.15, -0.1) is 10.2 Å². The first-order valence-electron chi connectivity index (χ1n) is 8.02. The monoisotopic (exact) mass is 353 g/mol. The van der Waals surface area contributed by atoms with Crippen LogP contribution in [0.15, 0.2) is 59.8 Å². The first kappa shape index (κ1) is 17.2. The molecule has 0 aliphatic rings. The Kier molecular flexibility index (Phi) is 5.50. The van der Waals surface area contributed by atoms with E-state index in [0.29, 0.717) is 17.3 Å². The van der Waals surface area contributed by atoms with E-state index in [2.05, 4.69) is 10.2 Å². The van der Waals surface area contributed by atoms with E-state index < -0.39 is 0 Å². The summed E-state index contributed by atoms with van der Waals surface area (Å²) in [5.41, 5.74) is 1.86. The maximum absolute atomic E-state index is 11.7. The van der Waals surface area contributed by atoms with Crippen molar-refractivity contribution in [1.82, 2.24) is 14.8 Å². The second kappa shape index (κ2) is 7.98. The second-order valence-electron chi connectivity index (χ2n) is 5.39. The number of aromatic nitrogens is 3. The van der Waals surface area contributed by atoms with Crippen LogP contribution in [0.25, 0.3) is 17.1 Å². The number of benzene rings is 2. The molecule has 1 aromatic heterocycles. The normalized spacial score (nSPS) is 10.6. The number of carbonyl (C=O) groups is 1. The molecule has 128 valence electrons. The average Bonchev–Trinajstić information content (AvgIpc) is 3.10. The Morgan fingerprint density at radius 2 is 1.92 bits per heavy atom. The molecule has 6 heteroatoms. The van der Waals surface area contributed by atoms with Crippen molar-refractivity contribution in [3.05, 3.63) is 54.6 Å². The Hall–Kier alpha value is -2.60. The average molecular weight is 353 g/mol. The second-order valence-corrected chi connectivity index (χ2v) is 6.33. The minimum atomic E-state index is 0.190. The fourth-order valence-electron chi connectivity index (χ4n) is 2.37. The van der Waals surface area contributed by atoms with E-state index in [-0.39, 0.29) is 5.78 Å². The summed E-state index contributed by atoms with van der Waals surface area (Å²) in [5.74, 6) is 2.06. The number of thioether (sulfide) groups is 1. The quantitative estimate of drug-likeness (QED) is 0.601. The van der Waals surface area contributed by atoms with Gasteiger partial charge in [-0.1, -0.05) is 49.0 Å².